The highest BCUT2D eigenvalue weighted by Gasteiger charge is 2.75. The van der Waals surface area contributed by atoms with E-state index < -0.39 is 53.1 Å². The number of methoxy groups -OCH3 is 1. The van der Waals surface area contributed by atoms with E-state index in [0.717, 1.165) is 19.4 Å². The fourth-order valence-corrected chi connectivity index (χ4v) is 4.28. The quantitative estimate of drug-likeness (QED) is 0.383. The van der Waals surface area contributed by atoms with E-state index in [4.69, 9.17) is 4.74 Å². The second-order valence-electron chi connectivity index (χ2n) is 6.48. The fraction of sp³-hybridized carbons (Fsp3) is 0.412. The standard InChI is InChI=1S/C17H13F8N3O3S2/c1-30-12-10(6-33(29)14-27-8-4-32-5-9(8)28-14)26-3-2-11(12)31-7-15(20,21)17(24,25)16(22,23)13(18)19/h2-5,13H,6-7H2,1H3,(H,27,28). The second kappa shape index (κ2) is 9.04. The molecule has 33 heavy (non-hydrogen) atoms. The van der Waals surface area contributed by atoms with Gasteiger partial charge in [-0.1, -0.05) is 0 Å². The van der Waals surface area contributed by atoms with Crippen LogP contribution in [0.1, 0.15) is 5.69 Å². The Morgan fingerprint density at radius 2 is 1.88 bits per heavy atom. The van der Waals surface area contributed by atoms with Crippen molar-refractivity contribution < 1.29 is 48.8 Å². The molecule has 3 heterocycles. The third-order valence-corrected chi connectivity index (χ3v) is 6.19. The zero-order chi connectivity index (χ0) is 24.6. The molecular formula is C17H13F8N3O3S2. The Morgan fingerprint density at radius 1 is 1.18 bits per heavy atom. The van der Waals surface area contributed by atoms with Crippen LogP contribution >= 0.6 is 11.3 Å². The van der Waals surface area contributed by atoms with Crippen LogP contribution in [-0.2, 0) is 16.6 Å². The first-order valence-corrected chi connectivity index (χ1v) is 10.9. The van der Waals surface area contributed by atoms with Gasteiger partial charge in [-0.15, -0.1) is 11.3 Å². The van der Waals surface area contributed by atoms with Crippen molar-refractivity contribution in [1.29, 1.82) is 0 Å². The van der Waals surface area contributed by atoms with Gasteiger partial charge in [0.1, 0.15) is 5.52 Å². The Hall–Kier alpha value is -2.49. The molecule has 3 aromatic rings. The van der Waals surface area contributed by atoms with E-state index in [1.165, 1.54) is 11.3 Å². The lowest BCUT2D eigenvalue weighted by atomic mass is 10.1. The van der Waals surface area contributed by atoms with Gasteiger partial charge in [0.25, 0.3) is 0 Å². The monoisotopic (exact) mass is 523 g/mol. The minimum absolute atomic E-state index is 0.0726. The number of halogens is 8. The lowest BCUT2D eigenvalue weighted by Gasteiger charge is -2.32. The van der Waals surface area contributed by atoms with Crippen molar-refractivity contribution in [2.75, 3.05) is 13.7 Å². The molecule has 16 heteroatoms. The van der Waals surface area contributed by atoms with Gasteiger partial charge >= 0.3 is 24.2 Å². The highest BCUT2D eigenvalue weighted by Crippen LogP contribution is 2.48. The number of imidazole rings is 1. The van der Waals surface area contributed by atoms with Crippen LogP contribution in [0.2, 0.25) is 0 Å². The van der Waals surface area contributed by atoms with Crippen molar-refractivity contribution >= 4 is 33.2 Å². The molecule has 0 aromatic carbocycles. The summed E-state index contributed by atoms with van der Waals surface area (Å²) in [6.07, 6.45) is -4.05. The SMILES string of the molecule is COc1c(OCC(F)(F)C(F)(F)C(F)(F)C(F)F)ccnc1CS(=O)c1nc2cscc2[nH]1. The Bertz CT molecular complexity index is 1120. The van der Waals surface area contributed by atoms with E-state index in [1.54, 1.807) is 10.8 Å². The molecular weight excluding hydrogens is 510 g/mol. The summed E-state index contributed by atoms with van der Waals surface area (Å²) in [5.41, 5.74) is 1.08. The van der Waals surface area contributed by atoms with E-state index in [1.807, 2.05) is 0 Å². The Labute approximate surface area is 186 Å². The average Bonchev–Trinajstić information content (AvgIpc) is 3.34. The summed E-state index contributed by atoms with van der Waals surface area (Å²) in [7, 11) is -0.790. The molecule has 0 radical (unpaired) electrons. The maximum absolute atomic E-state index is 13.8. The summed E-state index contributed by atoms with van der Waals surface area (Å²) in [4.78, 5) is 10.8. The molecule has 182 valence electrons. The first-order valence-electron chi connectivity index (χ1n) is 8.68. The number of rotatable bonds is 10. The summed E-state index contributed by atoms with van der Waals surface area (Å²) in [6.45, 7) is -2.38. The highest BCUT2D eigenvalue weighted by atomic mass is 32.2. The lowest BCUT2D eigenvalue weighted by Crippen LogP contribution is -2.59. The van der Waals surface area contributed by atoms with Gasteiger partial charge in [0.2, 0.25) is 0 Å². The number of hydrogen-bond donors (Lipinski definition) is 1. The van der Waals surface area contributed by atoms with Crippen LogP contribution in [0.3, 0.4) is 0 Å². The molecule has 0 bridgehead atoms. The van der Waals surface area contributed by atoms with Crippen molar-refractivity contribution in [2.24, 2.45) is 0 Å². The van der Waals surface area contributed by atoms with E-state index >= 15 is 0 Å². The minimum Gasteiger partial charge on any atom is -0.491 e. The predicted octanol–water partition coefficient (Wildman–Crippen LogP) is 4.89. The molecule has 3 aromatic heterocycles. The Morgan fingerprint density at radius 3 is 2.48 bits per heavy atom. The molecule has 0 amide bonds. The summed E-state index contributed by atoms with van der Waals surface area (Å²) >= 11 is 1.36. The molecule has 0 aliphatic heterocycles. The molecule has 0 fully saturated rings. The van der Waals surface area contributed by atoms with Crippen LogP contribution in [-0.4, -0.2) is 57.1 Å². The van der Waals surface area contributed by atoms with Crippen LogP contribution in [0.15, 0.2) is 28.2 Å². The summed E-state index contributed by atoms with van der Waals surface area (Å²) in [6, 6.07) is 0.896. The molecule has 1 unspecified atom stereocenters. The van der Waals surface area contributed by atoms with Gasteiger partial charge in [0.15, 0.2) is 23.3 Å². The van der Waals surface area contributed by atoms with E-state index in [9.17, 15) is 39.3 Å². The average molecular weight is 523 g/mol. The highest BCUT2D eigenvalue weighted by molar-refractivity contribution is 7.84. The molecule has 0 aliphatic carbocycles. The number of aromatic nitrogens is 3. The third-order valence-electron chi connectivity index (χ3n) is 4.30. The van der Waals surface area contributed by atoms with Crippen molar-refractivity contribution in [1.82, 2.24) is 15.0 Å². The van der Waals surface area contributed by atoms with Crippen LogP contribution < -0.4 is 9.47 Å². The molecule has 1 N–H and O–H groups in total. The fourth-order valence-electron chi connectivity index (χ4n) is 2.57. The summed E-state index contributed by atoms with van der Waals surface area (Å²) < 4.78 is 127. The van der Waals surface area contributed by atoms with Crippen molar-refractivity contribution in [2.45, 2.75) is 35.1 Å². The first kappa shape index (κ1) is 25.1. The van der Waals surface area contributed by atoms with Crippen LogP contribution in [0.4, 0.5) is 35.1 Å². The van der Waals surface area contributed by atoms with Gasteiger partial charge in [-0.05, 0) is 0 Å². The number of fused-ring (bicyclic) bond motifs is 1. The maximum atomic E-state index is 13.8. The van der Waals surface area contributed by atoms with Crippen molar-refractivity contribution in [3.05, 3.63) is 28.7 Å². The van der Waals surface area contributed by atoms with Gasteiger partial charge < -0.3 is 14.5 Å². The maximum Gasteiger partial charge on any atom is 0.381 e. The Balaban J connectivity index is 1.80. The number of aromatic amines is 1. The largest absolute Gasteiger partial charge is 0.491 e. The molecule has 0 aliphatic rings. The number of alkyl halides is 8. The van der Waals surface area contributed by atoms with Crippen LogP contribution in [0, 0.1) is 0 Å². The molecule has 0 saturated heterocycles. The summed E-state index contributed by atoms with van der Waals surface area (Å²) in [5.74, 6) is -19.8. The number of pyridine rings is 1. The van der Waals surface area contributed by atoms with Crippen molar-refractivity contribution in [3.63, 3.8) is 0 Å². The van der Waals surface area contributed by atoms with E-state index in [2.05, 4.69) is 19.7 Å². The van der Waals surface area contributed by atoms with Gasteiger partial charge in [0.05, 0.1) is 34.9 Å². The van der Waals surface area contributed by atoms with Crippen molar-refractivity contribution in [3.8, 4) is 11.5 Å². The minimum atomic E-state index is -6.41. The zero-order valence-electron chi connectivity index (χ0n) is 16.3. The number of ether oxygens (including phenoxy) is 2. The van der Waals surface area contributed by atoms with Crippen LogP contribution in [0.5, 0.6) is 11.5 Å². The number of nitrogens with one attached hydrogen (secondary N) is 1. The summed E-state index contributed by atoms with van der Waals surface area (Å²) in [5, 5.41) is 3.50. The Kier molecular flexibility index (Phi) is 6.89. The van der Waals surface area contributed by atoms with Gasteiger partial charge in [-0.2, -0.15) is 26.3 Å². The lowest BCUT2D eigenvalue weighted by molar-refractivity contribution is -0.342. The van der Waals surface area contributed by atoms with E-state index in [-0.39, 0.29) is 16.6 Å². The number of H-pyrrole nitrogens is 1. The molecule has 0 saturated carbocycles. The smallest absolute Gasteiger partial charge is 0.381 e. The topological polar surface area (TPSA) is 77.1 Å². The number of thiophene rings is 1. The normalized spacial score (nSPS) is 14.1. The predicted molar refractivity (Wildman–Crippen MR) is 101 cm³/mol. The zero-order valence-corrected chi connectivity index (χ0v) is 17.9. The first-order chi connectivity index (χ1) is 15.3. The second-order valence-corrected chi connectivity index (χ2v) is 8.59. The van der Waals surface area contributed by atoms with Gasteiger partial charge in [-0.3, -0.25) is 9.19 Å². The molecule has 0 spiro atoms. The number of nitrogens with zero attached hydrogens (tertiary/aromatic N) is 2. The van der Waals surface area contributed by atoms with Gasteiger partial charge in [0, 0.05) is 23.0 Å². The van der Waals surface area contributed by atoms with Gasteiger partial charge in [-0.25, -0.2) is 13.8 Å². The third kappa shape index (κ3) is 4.62. The molecule has 1 atom stereocenters. The number of hydrogen-bond acceptors (Lipinski definition) is 6. The van der Waals surface area contributed by atoms with E-state index in [0.29, 0.717) is 11.0 Å². The molecule has 6 nitrogen and oxygen atoms in total. The van der Waals surface area contributed by atoms with Crippen LogP contribution in [0.25, 0.3) is 11.0 Å². The molecule has 3 rings (SSSR count).